The van der Waals surface area contributed by atoms with Crippen molar-refractivity contribution in [2.24, 2.45) is 0 Å². The maximum absolute atomic E-state index is 4.78. The highest BCUT2D eigenvalue weighted by atomic mass is 15.2. The first-order chi connectivity index (χ1) is 10.3. The summed E-state index contributed by atoms with van der Waals surface area (Å²) in [6.07, 6.45) is 6.53. The highest BCUT2D eigenvalue weighted by Gasteiger charge is 2.30. The second-order valence-electron chi connectivity index (χ2n) is 5.61. The average Bonchev–Trinajstić information content (AvgIpc) is 3.35. The first-order valence-corrected chi connectivity index (χ1v) is 7.80. The number of fused-ring (bicyclic) bond motifs is 1. The number of benzene rings is 1. The van der Waals surface area contributed by atoms with Gasteiger partial charge in [0.05, 0.1) is 0 Å². The second-order valence-corrected chi connectivity index (χ2v) is 5.61. The van der Waals surface area contributed by atoms with Crippen LogP contribution in [-0.4, -0.2) is 24.1 Å². The van der Waals surface area contributed by atoms with Crippen LogP contribution in [0.3, 0.4) is 0 Å². The third kappa shape index (κ3) is 2.93. The Labute approximate surface area is 126 Å². The molecule has 110 valence electrons. The van der Waals surface area contributed by atoms with Gasteiger partial charge in [-0.25, -0.2) is 4.98 Å². The van der Waals surface area contributed by atoms with Gasteiger partial charge in [0, 0.05) is 30.7 Å². The van der Waals surface area contributed by atoms with E-state index in [2.05, 4.69) is 48.0 Å². The van der Waals surface area contributed by atoms with Crippen LogP contribution in [0.15, 0.2) is 43.1 Å². The standard InChI is InChI=1S/C18H23N3/c1-3-11-21(15-9-10-15)18-17-8-6-5-7-16(17)14(13-20-18)12-19-4-2/h3,5-8,13,15,19H,1,4,9-12H2,2H3. The van der Waals surface area contributed by atoms with Crippen molar-refractivity contribution in [2.45, 2.75) is 32.4 Å². The number of anilines is 1. The molecule has 0 unspecified atom stereocenters. The monoisotopic (exact) mass is 281 g/mol. The summed E-state index contributed by atoms with van der Waals surface area (Å²) in [5.41, 5.74) is 1.27. The molecule has 3 rings (SSSR count). The Morgan fingerprint density at radius 2 is 2.10 bits per heavy atom. The first kappa shape index (κ1) is 14.1. The highest BCUT2D eigenvalue weighted by Crippen LogP contribution is 2.35. The van der Waals surface area contributed by atoms with E-state index in [0.29, 0.717) is 6.04 Å². The summed E-state index contributed by atoms with van der Waals surface area (Å²) in [6, 6.07) is 9.23. The lowest BCUT2D eigenvalue weighted by molar-refractivity contribution is 0.727. The van der Waals surface area contributed by atoms with Gasteiger partial charge in [0.15, 0.2) is 0 Å². The molecular formula is C18H23N3. The van der Waals surface area contributed by atoms with Crippen LogP contribution >= 0.6 is 0 Å². The molecule has 1 aromatic heterocycles. The van der Waals surface area contributed by atoms with Gasteiger partial charge >= 0.3 is 0 Å². The Kier molecular flexibility index (Phi) is 4.20. The molecule has 0 aliphatic heterocycles. The molecule has 1 aliphatic carbocycles. The third-order valence-electron chi connectivity index (χ3n) is 4.01. The molecule has 21 heavy (non-hydrogen) atoms. The molecule has 2 aromatic rings. The minimum atomic E-state index is 0.638. The fourth-order valence-corrected chi connectivity index (χ4v) is 2.80. The summed E-state index contributed by atoms with van der Waals surface area (Å²) in [7, 11) is 0. The van der Waals surface area contributed by atoms with Crippen LogP contribution in [0, 0.1) is 0 Å². The maximum Gasteiger partial charge on any atom is 0.136 e. The number of pyridine rings is 1. The van der Waals surface area contributed by atoms with E-state index in [0.717, 1.165) is 25.5 Å². The fourth-order valence-electron chi connectivity index (χ4n) is 2.80. The summed E-state index contributed by atoms with van der Waals surface area (Å²) in [5, 5.41) is 5.95. The van der Waals surface area contributed by atoms with Crippen molar-refractivity contribution in [1.29, 1.82) is 0 Å². The zero-order valence-corrected chi connectivity index (χ0v) is 12.7. The van der Waals surface area contributed by atoms with Crippen LogP contribution < -0.4 is 10.2 Å². The maximum atomic E-state index is 4.78. The van der Waals surface area contributed by atoms with Crippen molar-refractivity contribution >= 4 is 16.6 Å². The van der Waals surface area contributed by atoms with Gasteiger partial charge < -0.3 is 10.2 Å². The van der Waals surface area contributed by atoms with Gasteiger partial charge in [-0.05, 0) is 30.3 Å². The Morgan fingerprint density at radius 1 is 1.33 bits per heavy atom. The lowest BCUT2D eigenvalue weighted by Gasteiger charge is -2.24. The summed E-state index contributed by atoms with van der Waals surface area (Å²) >= 11 is 0. The van der Waals surface area contributed by atoms with Crippen LogP contribution in [0.5, 0.6) is 0 Å². The molecule has 0 atom stereocenters. The van der Waals surface area contributed by atoms with E-state index < -0.39 is 0 Å². The SMILES string of the molecule is C=CCN(c1ncc(CNCC)c2ccccc12)C1CC1. The summed E-state index contributed by atoms with van der Waals surface area (Å²) in [5.74, 6) is 1.10. The van der Waals surface area contributed by atoms with Gasteiger partial charge in [-0.1, -0.05) is 37.3 Å². The molecule has 0 saturated heterocycles. The van der Waals surface area contributed by atoms with E-state index in [4.69, 9.17) is 4.98 Å². The van der Waals surface area contributed by atoms with Gasteiger partial charge in [-0.3, -0.25) is 0 Å². The minimum absolute atomic E-state index is 0.638. The minimum Gasteiger partial charge on any atom is -0.349 e. The Morgan fingerprint density at radius 3 is 2.76 bits per heavy atom. The predicted molar refractivity (Wildman–Crippen MR) is 89.7 cm³/mol. The van der Waals surface area contributed by atoms with Gasteiger partial charge in [0.2, 0.25) is 0 Å². The lowest BCUT2D eigenvalue weighted by Crippen LogP contribution is -2.27. The van der Waals surface area contributed by atoms with Gasteiger partial charge in [0.1, 0.15) is 5.82 Å². The van der Waals surface area contributed by atoms with Gasteiger partial charge in [0.25, 0.3) is 0 Å². The van der Waals surface area contributed by atoms with Crippen LogP contribution in [0.25, 0.3) is 10.8 Å². The highest BCUT2D eigenvalue weighted by molar-refractivity contribution is 5.94. The Bertz CT molecular complexity index is 631. The third-order valence-corrected chi connectivity index (χ3v) is 4.01. The predicted octanol–water partition coefficient (Wildman–Crippen LogP) is 3.50. The zero-order chi connectivity index (χ0) is 14.7. The normalized spacial score (nSPS) is 14.3. The second kappa shape index (κ2) is 6.27. The van der Waals surface area contributed by atoms with Crippen LogP contribution in [-0.2, 0) is 6.54 Å². The molecule has 1 heterocycles. The Balaban J connectivity index is 2.05. The molecule has 1 N–H and O–H groups in total. The first-order valence-electron chi connectivity index (χ1n) is 7.80. The number of hydrogen-bond acceptors (Lipinski definition) is 3. The molecule has 1 aliphatic rings. The number of hydrogen-bond donors (Lipinski definition) is 1. The van der Waals surface area contributed by atoms with Gasteiger partial charge in [-0.2, -0.15) is 0 Å². The average molecular weight is 281 g/mol. The van der Waals surface area contributed by atoms with Crippen LogP contribution in [0.2, 0.25) is 0 Å². The molecule has 1 aromatic carbocycles. The topological polar surface area (TPSA) is 28.2 Å². The van der Waals surface area contributed by atoms with E-state index in [9.17, 15) is 0 Å². The smallest absolute Gasteiger partial charge is 0.136 e. The summed E-state index contributed by atoms with van der Waals surface area (Å²) in [6.45, 7) is 8.74. The van der Waals surface area contributed by atoms with Crippen molar-refractivity contribution in [3.63, 3.8) is 0 Å². The van der Waals surface area contributed by atoms with Crippen molar-refractivity contribution in [3.8, 4) is 0 Å². The molecule has 0 radical (unpaired) electrons. The van der Waals surface area contributed by atoms with Crippen LogP contribution in [0.4, 0.5) is 5.82 Å². The van der Waals surface area contributed by atoms with Crippen molar-refractivity contribution in [1.82, 2.24) is 10.3 Å². The lowest BCUT2D eigenvalue weighted by atomic mass is 10.1. The number of aromatic nitrogens is 1. The molecule has 0 amide bonds. The fraction of sp³-hybridized carbons (Fsp3) is 0.389. The molecule has 1 fully saturated rings. The van der Waals surface area contributed by atoms with E-state index in [1.165, 1.54) is 29.2 Å². The van der Waals surface area contributed by atoms with E-state index in [-0.39, 0.29) is 0 Å². The molecular weight excluding hydrogens is 258 g/mol. The number of rotatable bonds is 7. The van der Waals surface area contributed by atoms with Crippen molar-refractivity contribution in [2.75, 3.05) is 18.0 Å². The Hall–Kier alpha value is -1.87. The van der Waals surface area contributed by atoms with Gasteiger partial charge in [-0.15, -0.1) is 6.58 Å². The van der Waals surface area contributed by atoms with Crippen molar-refractivity contribution < 1.29 is 0 Å². The summed E-state index contributed by atoms with van der Waals surface area (Å²) in [4.78, 5) is 7.17. The molecule has 3 heteroatoms. The van der Waals surface area contributed by atoms with Crippen LogP contribution in [0.1, 0.15) is 25.3 Å². The number of nitrogens with one attached hydrogen (secondary N) is 1. The molecule has 3 nitrogen and oxygen atoms in total. The van der Waals surface area contributed by atoms with Crippen molar-refractivity contribution in [3.05, 3.63) is 48.7 Å². The van der Waals surface area contributed by atoms with E-state index in [1.54, 1.807) is 0 Å². The quantitative estimate of drug-likeness (QED) is 0.787. The largest absolute Gasteiger partial charge is 0.349 e. The molecule has 0 bridgehead atoms. The van der Waals surface area contributed by atoms with E-state index >= 15 is 0 Å². The van der Waals surface area contributed by atoms with E-state index in [1.807, 2.05) is 12.3 Å². The summed E-state index contributed by atoms with van der Waals surface area (Å²) < 4.78 is 0. The molecule has 1 saturated carbocycles. The number of nitrogens with zero attached hydrogens (tertiary/aromatic N) is 2. The molecule has 0 spiro atoms. The zero-order valence-electron chi connectivity index (χ0n) is 12.7.